The van der Waals surface area contributed by atoms with E-state index in [1.807, 2.05) is 0 Å². The van der Waals surface area contributed by atoms with Crippen LogP contribution in [0.25, 0.3) is 0 Å². The van der Waals surface area contributed by atoms with Gasteiger partial charge in [0.1, 0.15) is 0 Å². The van der Waals surface area contributed by atoms with Crippen molar-refractivity contribution >= 4 is 16.2 Å². The van der Waals surface area contributed by atoms with Gasteiger partial charge in [-0.15, -0.1) is 0 Å². The highest BCUT2D eigenvalue weighted by Crippen LogP contribution is 2.25. The van der Waals surface area contributed by atoms with E-state index in [4.69, 9.17) is 16.6 Å². The fraction of sp³-hybridized carbons (Fsp3) is 0.889. The summed E-state index contributed by atoms with van der Waals surface area (Å²) in [5, 5.41) is 8.75. The highest BCUT2D eigenvalue weighted by Gasteiger charge is 2.42. The zero-order valence-electron chi connectivity index (χ0n) is 10.4. The highest BCUT2D eigenvalue weighted by molar-refractivity contribution is 7.86. The molecule has 0 aliphatic carbocycles. The van der Waals surface area contributed by atoms with E-state index in [2.05, 4.69) is 0 Å². The van der Waals surface area contributed by atoms with Gasteiger partial charge in [0.2, 0.25) is 0 Å². The number of nitrogens with two attached hydrogens (primary N) is 2. The van der Waals surface area contributed by atoms with Crippen LogP contribution in [0.15, 0.2) is 0 Å². The van der Waals surface area contributed by atoms with E-state index in [9.17, 15) is 13.2 Å². The van der Waals surface area contributed by atoms with Gasteiger partial charge in [-0.3, -0.25) is 4.79 Å². The normalized spacial score (nSPS) is 25.8. The second-order valence-corrected chi connectivity index (χ2v) is 6.67. The van der Waals surface area contributed by atoms with Crippen molar-refractivity contribution in [2.24, 2.45) is 11.5 Å². The summed E-state index contributed by atoms with van der Waals surface area (Å²) in [6.07, 6.45) is 0.106. The van der Waals surface area contributed by atoms with Crippen LogP contribution in [0.5, 0.6) is 0 Å². The van der Waals surface area contributed by atoms with Crippen LogP contribution in [0.4, 0.5) is 0 Å². The van der Waals surface area contributed by atoms with Gasteiger partial charge >= 0.3 is 5.97 Å². The van der Waals surface area contributed by atoms with Gasteiger partial charge in [-0.1, -0.05) is 0 Å². The lowest BCUT2D eigenvalue weighted by Gasteiger charge is -2.26. The fourth-order valence-corrected chi connectivity index (χ4v) is 3.47. The van der Waals surface area contributed by atoms with Crippen molar-refractivity contribution in [2.75, 3.05) is 33.2 Å². The van der Waals surface area contributed by atoms with Gasteiger partial charge in [-0.2, -0.15) is 17.0 Å². The van der Waals surface area contributed by atoms with Gasteiger partial charge in [0.15, 0.2) is 0 Å². The standard InChI is InChI=1S/C9H20N4O4S/c1-12(5-3-10)18(16,17)13-4-2-9(11,7-13)6-8(14)15/h2-7,10-11H2,1H3,(H,14,15)/t9-/m0/s1. The molecule has 1 aliphatic heterocycles. The zero-order chi connectivity index (χ0) is 14.0. The third-order valence-electron chi connectivity index (χ3n) is 3.02. The van der Waals surface area contributed by atoms with Crippen molar-refractivity contribution in [2.45, 2.75) is 18.4 Å². The number of aliphatic carboxylic acids is 1. The second-order valence-electron chi connectivity index (χ2n) is 4.63. The summed E-state index contributed by atoms with van der Waals surface area (Å²) < 4.78 is 26.5. The Balaban J connectivity index is 2.74. The molecule has 0 aromatic carbocycles. The molecule has 106 valence electrons. The number of likely N-dealkylation sites (N-methyl/N-ethyl adjacent to an activating group) is 1. The molecule has 0 amide bonds. The van der Waals surface area contributed by atoms with E-state index in [-0.39, 0.29) is 32.6 Å². The lowest BCUT2D eigenvalue weighted by Crippen LogP contribution is -2.48. The molecule has 0 spiro atoms. The van der Waals surface area contributed by atoms with Crippen molar-refractivity contribution in [1.82, 2.24) is 8.61 Å². The summed E-state index contributed by atoms with van der Waals surface area (Å²) in [6.45, 7) is 0.708. The summed E-state index contributed by atoms with van der Waals surface area (Å²) in [7, 11) is -2.15. The molecule has 1 rings (SSSR count). The minimum atomic E-state index is -3.59. The first kappa shape index (κ1) is 15.3. The Morgan fingerprint density at radius 3 is 2.67 bits per heavy atom. The number of carboxylic acid groups (broad SMARTS) is 1. The van der Waals surface area contributed by atoms with E-state index in [1.54, 1.807) is 0 Å². The number of rotatable bonds is 6. The number of hydrogen-bond acceptors (Lipinski definition) is 5. The molecule has 0 radical (unpaired) electrons. The molecule has 1 aliphatic rings. The monoisotopic (exact) mass is 280 g/mol. The Labute approximate surface area is 107 Å². The van der Waals surface area contributed by atoms with Crippen LogP contribution in [-0.2, 0) is 15.0 Å². The molecule has 8 nitrogen and oxygen atoms in total. The maximum Gasteiger partial charge on any atom is 0.305 e. The maximum absolute atomic E-state index is 12.1. The molecule has 0 saturated carbocycles. The topological polar surface area (TPSA) is 130 Å². The first-order valence-corrected chi connectivity index (χ1v) is 7.03. The quantitative estimate of drug-likeness (QED) is 0.516. The third kappa shape index (κ3) is 3.39. The van der Waals surface area contributed by atoms with Gasteiger partial charge < -0.3 is 16.6 Å². The van der Waals surface area contributed by atoms with Crippen LogP contribution in [-0.4, -0.2) is 66.9 Å². The molecule has 18 heavy (non-hydrogen) atoms. The van der Waals surface area contributed by atoms with Crippen LogP contribution >= 0.6 is 0 Å². The van der Waals surface area contributed by atoms with Gasteiger partial charge in [-0.25, -0.2) is 0 Å². The van der Waals surface area contributed by atoms with E-state index >= 15 is 0 Å². The lowest BCUT2D eigenvalue weighted by atomic mass is 9.96. The lowest BCUT2D eigenvalue weighted by molar-refractivity contribution is -0.138. The largest absolute Gasteiger partial charge is 0.481 e. The summed E-state index contributed by atoms with van der Waals surface area (Å²) >= 11 is 0. The minimum Gasteiger partial charge on any atom is -0.481 e. The van der Waals surface area contributed by atoms with Gasteiger partial charge in [0.25, 0.3) is 10.2 Å². The highest BCUT2D eigenvalue weighted by atomic mass is 32.2. The third-order valence-corrected chi connectivity index (χ3v) is 4.95. The maximum atomic E-state index is 12.1. The number of carbonyl (C=O) groups is 1. The Hall–Kier alpha value is -0.740. The average molecular weight is 280 g/mol. The first-order chi connectivity index (χ1) is 8.21. The van der Waals surface area contributed by atoms with E-state index in [0.717, 1.165) is 4.31 Å². The van der Waals surface area contributed by atoms with Gasteiger partial charge in [0, 0.05) is 38.8 Å². The zero-order valence-corrected chi connectivity index (χ0v) is 11.2. The number of hydrogen-bond donors (Lipinski definition) is 3. The summed E-state index contributed by atoms with van der Waals surface area (Å²) in [5.74, 6) is -1.02. The van der Waals surface area contributed by atoms with Crippen LogP contribution in [0.1, 0.15) is 12.8 Å². The van der Waals surface area contributed by atoms with Crippen LogP contribution in [0, 0.1) is 0 Å². The SMILES string of the molecule is CN(CCN)S(=O)(=O)N1CC[C@](N)(CC(=O)O)C1. The molecule has 0 unspecified atom stereocenters. The molecule has 1 heterocycles. The van der Waals surface area contributed by atoms with Crippen molar-refractivity contribution < 1.29 is 18.3 Å². The molecular weight excluding hydrogens is 260 g/mol. The Morgan fingerprint density at radius 2 is 2.17 bits per heavy atom. The van der Waals surface area contributed by atoms with Crippen molar-refractivity contribution in [3.63, 3.8) is 0 Å². The second kappa shape index (κ2) is 5.49. The van der Waals surface area contributed by atoms with E-state index in [0.29, 0.717) is 6.42 Å². The first-order valence-electron chi connectivity index (χ1n) is 5.63. The molecular formula is C9H20N4O4S. The smallest absolute Gasteiger partial charge is 0.305 e. The van der Waals surface area contributed by atoms with E-state index < -0.39 is 21.7 Å². The molecule has 0 aromatic heterocycles. The van der Waals surface area contributed by atoms with Crippen LogP contribution in [0.3, 0.4) is 0 Å². The van der Waals surface area contributed by atoms with Gasteiger partial charge in [-0.05, 0) is 6.42 Å². The van der Waals surface area contributed by atoms with Crippen molar-refractivity contribution in [1.29, 1.82) is 0 Å². The Kier molecular flexibility index (Phi) is 4.67. The molecule has 9 heteroatoms. The van der Waals surface area contributed by atoms with E-state index in [1.165, 1.54) is 11.4 Å². The molecule has 0 bridgehead atoms. The molecule has 1 fully saturated rings. The summed E-state index contributed by atoms with van der Waals surface area (Å²) in [5.41, 5.74) is 10.2. The van der Waals surface area contributed by atoms with Crippen molar-refractivity contribution in [3.8, 4) is 0 Å². The van der Waals surface area contributed by atoms with Crippen LogP contribution in [0.2, 0.25) is 0 Å². The Morgan fingerprint density at radius 1 is 1.56 bits per heavy atom. The summed E-state index contributed by atoms with van der Waals surface area (Å²) in [4.78, 5) is 10.7. The minimum absolute atomic E-state index is 0.0243. The number of carboxylic acids is 1. The molecule has 0 aromatic rings. The average Bonchev–Trinajstić information content (AvgIpc) is 2.60. The fourth-order valence-electron chi connectivity index (χ4n) is 1.99. The predicted octanol–water partition coefficient (Wildman–Crippen LogP) is -2.00. The van der Waals surface area contributed by atoms with Crippen LogP contribution < -0.4 is 11.5 Å². The summed E-state index contributed by atoms with van der Waals surface area (Å²) in [6, 6.07) is 0. The molecule has 5 N–H and O–H groups in total. The Bertz CT molecular complexity index is 413. The predicted molar refractivity (Wildman–Crippen MR) is 66.0 cm³/mol. The molecule has 1 atom stereocenters. The van der Waals surface area contributed by atoms with Gasteiger partial charge in [0.05, 0.1) is 6.42 Å². The van der Waals surface area contributed by atoms with Crippen molar-refractivity contribution in [3.05, 3.63) is 0 Å². The number of nitrogens with zero attached hydrogens (tertiary/aromatic N) is 2. The molecule has 1 saturated heterocycles.